The number of fused-ring (bicyclic) bond motifs is 2. The summed E-state index contributed by atoms with van der Waals surface area (Å²) in [6, 6.07) is 5.33. The van der Waals surface area contributed by atoms with Gasteiger partial charge in [-0.05, 0) is 77.8 Å². The molecule has 0 amide bonds. The highest BCUT2D eigenvalue weighted by atomic mass is 127. The Morgan fingerprint density at radius 2 is 2.21 bits per heavy atom. The van der Waals surface area contributed by atoms with Crippen molar-refractivity contribution >= 4 is 28.6 Å². The van der Waals surface area contributed by atoms with E-state index in [1.165, 1.54) is 25.7 Å². The predicted octanol–water partition coefficient (Wildman–Crippen LogP) is 3.80. The number of carboxylic acids is 1. The molecule has 1 aromatic rings. The molecule has 3 rings (SSSR count). The summed E-state index contributed by atoms with van der Waals surface area (Å²) in [6.07, 6.45) is 5.33. The molecule has 0 aromatic heterocycles. The number of carbonyl (C=O) groups is 1. The summed E-state index contributed by atoms with van der Waals surface area (Å²) >= 11 is 2.12. The van der Waals surface area contributed by atoms with Crippen molar-refractivity contribution in [2.75, 3.05) is 6.61 Å². The second-order valence-electron chi connectivity index (χ2n) is 5.69. The van der Waals surface area contributed by atoms with E-state index in [1.807, 2.05) is 6.07 Å². The van der Waals surface area contributed by atoms with E-state index in [9.17, 15) is 9.90 Å². The van der Waals surface area contributed by atoms with Crippen LogP contribution in [0.15, 0.2) is 18.2 Å². The topological polar surface area (TPSA) is 46.5 Å². The Hall–Kier alpha value is -0.780. The highest BCUT2D eigenvalue weighted by molar-refractivity contribution is 14.1. The summed E-state index contributed by atoms with van der Waals surface area (Å²) in [5, 5.41) is 9.20. The molecular weight excluding hydrogens is 355 g/mol. The zero-order valence-corrected chi connectivity index (χ0v) is 12.8. The van der Waals surface area contributed by atoms with E-state index in [0.717, 1.165) is 15.4 Å². The first kappa shape index (κ1) is 13.2. The third-order valence-corrected chi connectivity index (χ3v) is 5.18. The number of carboxylic acid groups (broad SMARTS) is 1. The van der Waals surface area contributed by atoms with Crippen LogP contribution in [0.5, 0.6) is 5.75 Å². The maximum absolute atomic E-state index is 11.2. The van der Waals surface area contributed by atoms with Gasteiger partial charge in [0.05, 0.1) is 6.61 Å². The van der Waals surface area contributed by atoms with Gasteiger partial charge in [0.25, 0.3) is 0 Å². The Morgan fingerprint density at radius 1 is 1.37 bits per heavy atom. The normalized spacial score (nSPS) is 28.6. The minimum Gasteiger partial charge on any atom is -0.492 e. The number of halogens is 1. The van der Waals surface area contributed by atoms with Gasteiger partial charge in [0.1, 0.15) is 11.3 Å². The lowest BCUT2D eigenvalue weighted by atomic mass is 9.89. The summed E-state index contributed by atoms with van der Waals surface area (Å²) in [7, 11) is 0. The lowest BCUT2D eigenvalue weighted by Crippen LogP contribution is -2.19. The molecule has 0 saturated heterocycles. The molecule has 2 bridgehead atoms. The number of rotatable bonds is 4. The van der Waals surface area contributed by atoms with Crippen molar-refractivity contribution in [2.24, 2.45) is 17.8 Å². The molecule has 2 aliphatic carbocycles. The number of aromatic carboxylic acids is 1. The van der Waals surface area contributed by atoms with E-state index in [0.29, 0.717) is 18.3 Å². The second kappa shape index (κ2) is 5.31. The van der Waals surface area contributed by atoms with E-state index in [-0.39, 0.29) is 5.56 Å². The maximum Gasteiger partial charge on any atom is 0.339 e. The number of hydrogen-bond donors (Lipinski definition) is 1. The molecule has 2 aliphatic rings. The fourth-order valence-corrected chi connectivity index (χ4v) is 4.06. The minimum atomic E-state index is -0.915. The van der Waals surface area contributed by atoms with Crippen molar-refractivity contribution < 1.29 is 14.6 Å². The zero-order chi connectivity index (χ0) is 13.4. The van der Waals surface area contributed by atoms with Crippen molar-refractivity contribution in [3.05, 3.63) is 27.3 Å². The number of ether oxygens (including phenoxy) is 1. The summed E-state index contributed by atoms with van der Waals surface area (Å²) < 4.78 is 6.72. The van der Waals surface area contributed by atoms with Gasteiger partial charge >= 0.3 is 5.97 Å². The van der Waals surface area contributed by atoms with Crippen molar-refractivity contribution in [1.29, 1.82) is 0 Å². The lowest BCUT2D eigenvalue weighted by molar-refractivity contribution is 0.0690. The van der Waals surface area contributed by atoms with Crippen LogP contribution in [0.1, 0.15) is 36.0 Å². The number of hydrogen-bond acceptors (Lipinski definition) is 2. The summed E-state index contributed by atoms with van der Waals surface area (Å²) in [5.41, 5.74) is 0.273. The van der Waals surface area contributed by atoms with Gasteiger partial charge in [-0.2, -0.15) is 0 Å². The smallest absolute Gasteiger partial charge is 0.339 e. The molecule has 3 nitrogen and oxygen atoms in total. The van der Waals surface area contributed by atoms with Gasteiger partial charge in [0.2, 0.25) is 0 Å². The Balaban J connectivity index is 1.68. The van der Waals surface area contributed by atoms with Gasteiger partial charge in [0, 0.05) is 3.57 Å². The van der Waals surface area contributed by atoms with Gasteiger partial charge in [0.15, 0.2) is 0 Å². The van der Waals surface area contributed by atoms with Crippen LogP contribution in [0.2, 0.25) is 0 Å². The molecule has 0 heterocycles. The Labute approximate surface area is 126 Å². The van der Waals surface area contributed by atoms with Gasteiger partial charge in [-0.15, -0.1) is 0 Å². The fourth-order valence-electron chi connectivity index (χ4n) is 3.57. The van der Waals surface area contributed by atoms with Crippen LogP contribution in [0.25, 0.3) is 0 Å². The fraction of sp³-hybridized carbons (Fsp3) is 0.533. The summed E-state index contributed by atoms with van der Waals surface area (Å²) in [5.74, 6) is 1.92. The van der Waals surface area contributed by atoms with Crippen LogP contribution in [-0.2, 0) is 0 Å². The van der Waals surface area contributed by atoms with Crippen LogP contribution in [0.4, 0.5) is 0 Å². The largest absolute Gasteiger partial charge is 0.492 e. The van der Waals surface area contributed by atoms with Gasteiger partial charge in [-0.1, -0.05) is 6.42 Å². The first-order valence-corrected chi connectivity index (χ1v) is 7.87. The molecule has 0 spiro atoms. The van der Waals surface area contributed by atoms with Gasteiger partial charge in [-0.25, -0.2) is 4.79 Å². The second-order valence-corrected chi connectivity index (χ2v) is 6.94. The number of benzene rings is 1. The lowest BCUT2D eigenvalue weighted by Gasteiger charge is -2.22. The van der Waals surface area contributed by atoms with Gasteiger partial charge in [-0.3, -0.25) is 0 Å². The van der Waals surface area contributed by atoms with Crippen LogP contribution in [-0.4, -0.2) is 17.7 Å². The molecule has 19 heavy (non-hydrogen) atoms. The van der Waals surface area contributed by atoms with E-state index >= 15 is 0 Å². The highest BCUT2D eigenvalue weighted by Gasteiger charge is 2.39. The van der Waals surface area contributed by atoms with Crippen LogP contribution >= 0.6 is 22.6 Å². The molecule has 2 saturated carbocycles. The van der Waals surface area contributed by atoms with Gasteiger partial charge < -0.3 is 9.84 Å². The third kappa shape index (κ3) is 2.73. The van der Waals surface area contributed by atoms with Crippen LogP contribution in [0.3, 0.4) is 0 Å². The van der Waals surface area contributed by atoms with Crippen molar-refractivity contribution in [2.45, 2.75) is 25.7 Å². The maximum atomic E-state index is 11.2. The highest BCUT2D eigenvalue weighted by Crippen LogP contribution is 2.48. The van der Waals surface area contributed by atoms with Crippen molar-refractivity contribution in [3.8, 4) is 5.75 Å². The molecule has 3 atom stereocenters. The third-order valence-electron chi connectivity index (χ3n) is 4.51. The minimum absolute atomic E-state index is 0.273. The molecule has 3 unspecified atom stereocenters. The quantitative estimate of drug-likeness (QED) is 0.818. The Bertz CT molecular complexity index is 500. The monoisotopic (exact) mass is 372 g/mol. The molecule has 4 heteroatoms. The molecule has 1 N–H and O–H groups in total. The average Bonchev–Trinajstić information content (AvgIpc) is 2.99. The molecule has 2 fully saturated rings. The van der Waals surface area contributed by atoms with Crippen LogP contribution in [0, 0.1) is 21.3 Å². The molecule has 0 aliphatic heterocycles. The Morgan fingerprint density at radius 3 is 2.84 bits per heavy atom. The van der Waals surface area contributed by atoms with Crippen molar-refractivity contribution in [1.82, 2.24) is 0 Å². The van der Waals surface area contributed by atoms with E-state index in [4.69, 9.17) is 4.74 Å². The summed E-state index contributed by atoms with van der Waals surface area (Å²) in [6.45, 7) is 0.669. The average molecular weight is 372 g/mol. The molecular formula is C15H17IO3. The Kier molecular flexibility index (Phi) is 3.69. The van der Waals surface area contributed by atoms with Crippen LogP contribution < -0.4 is 4.74 Å². The zero-order valence-electron chi connectivity index (χ0n) is 10.6. The van der Waals surface area contributed by atoms with E-state index in [1.54, 1.807) is 12.1 Å². The predicted molar refractivity (Wildman–Crippen MR) is 80.6 cm³/mol. The standard InChI is InChI=1S/C15H17IO3/c16-12-3-4-14(13(7-12)15(17)18)19-8-11-6-9-1-2-10(11)5-9/h3-4,7,9-11H,1-2,5-6,8H2,(H,17,18). The first-order chi connectivity index (χ1) is 9.13. The SMILES string of the molecule is O=C(O)c1cc(I)ccc1OCC1CC2CCC1C2. The molecule has 0 radical (unpaired) electrons. The summed E-state index contributed by atoms with van der Waals surface area (Å²) in [4.78, 5) is 11.2. The molecule has 102 valence electrons. The molecule has 1 aromatic carbocycles. The van der Waals surface area contributed by atoms with E-state index in [2.05, 4.69) is 22.6 Å². The first-order valence-electron chi connectivity index (χ1n) is 6.79. The van der Waals surface area contributed by atoms with E-state index < -0.39 is 5.97 Å². The van der Waals surface area contributed by atoms with Crippen molar-refractivity contribution in [3.63, 3.8) is 0 Å².